The highest BCUT2D eigenvalue weighted by atomic mass is 35.5. The number of fused-ring (bicyclic) bond motifs is 1. The fourth-order valence-electron chi connectivity index (χ4n) is 3.78. The second-order valence-corrected chi connectivity index (χ2v) is 8.09. The SMILES string of the molecule is CCN1C[C@@H](c2cc(NCCCO)n3ncc(C(=O)Nc4ccc(Cl)cc4)c3n2)CC1=O. The molecule has 0 radical (unpaired) electrons. The van der Waals surface area contributed by atoms with Crippen molar-refractivity contribution in [2.45, 2.75) is 25.7 Å². The number of carbonyl (C=O) groups excluding carboxylic acids is 2. The summed E-state index contributed by atoms with van der Waals surface area (Å²) in [5, 5.41) is 20.2. The number of hydrogen-bond acceptors (Lipinski definition) is 6. The molecule has 9 nitrogen and oxygen atoms in total. The number of nitrogens with one attached hydrogen (secondary N) is 2. The highest BCUT2D eigenvalue weighted by Crippen LogP contribution is 2.29. The van der Waals surface area contributed by atoms with E-state index in [0.29, 0.717) is 60.2 Å². The van der Waals surface area contributed by atoms with Crippen molar-refractivity contribution < 1.29 is 14.7 Å². The molecule has 2 amide bonds. The number of likely N-dealkylation sites (tertiary alicyclic amines) is 1. The Morgan fingerprint density at radius 1 is 1.31 bits per heavy atom. The molecule has 0 aliphatic carbocycles. The Labute approximate surface area is 190 Å². The molecular weight excluding hydrogens is 432 g/mol. The molecule has 1 atom stereocenters. The highest BCUT2D eigenvalue weighted by Gasteiger charge is 2.31. The van der Waals surface area contributed by atoms with Gasteiger partial charge in [-0.25, -0.2) is 4.98 Å². The van der Waals surface area contributed by atoms with E-state index in [9.17, 15) is 9.59 Å². The predicted molar refractivity (Wildman–Crippen MR) is 122 cm³/mol. The van der Waals surface area contributed by atoms with Crippen LogP contribution in [-0.4, -0.2) is 62.7 Å². The lowest BCUT2D eigenvalue weighted by atomic mass is 10.0. The Morgan fingerprint density at radius 2 is 2.09 bits per heavy atom. The summed E-state index contributed by atoms with van der Waals surface area (Å²) in [4.78, 5) is 31.8. The molecule has 0 bridgehead atoms. The molecule has 10 heteroatoms. The maximum absolute atomic E-state index is 13.0. The number of nitrogens with zero attached hydrogens (tertiary/aromatic N) is 4. The van der Waals surface area contributed by atoms with Crippen LogP contribution >= 0.6 is 11.6 Å². The first-order chi connectivity index (χ1) is 15.5. The third kappa shape index (κ3) is 4.53. The summed E-state index contributed by atoms with van der Waals surface area (Å²) in [5.41, 5.74) is 2.07. The van der Waals surface area contributed by atoms with Crippen LogP contribution in [0, 0.1) is 0 Å². The van der Waals surface area contributed by atoms with Crippen molar-refractivity contribution in [2.75, 3.05) is 36.9 Å². The van der Waals surface area contributed by atoms with Crippen molar-refractivity contribution in [3.63, 3.8) is 0 Å². The fraction of sp³-hybridized carbons (Fsp3) is 0.364. The standard InChI is InChI=1S/C22H25ClN6O3/c1-2-28-13-14(10-20(28)31)18-11-19(24-8-3-9-30)29-21(27-18)17(12-25-29)22(32)26-16-6-4-15(23)5-7-16/h4-7,11-12,14,24,30H,2-3,8-10,13H2,1H3,(H,26,32)/t14-/m0/s1. The number of halogens is 1. The van der Waals surface area contributed by atoms with Crippen LogP contribution < -0.4 is 10.6 Å². The largest absolute Gasteiger partial charge is 0.396 e. The zero-order valence-electron chi connectivity index (χ0n) is 17.7. The zero-order chi connectivity index (χ0) is 22.7. The number of amides is 2. The van der Waals surface area contributed by atoms with Gasteiger partial charge in [-0.15, -0.1) is 0 Å². The molecule has 32 heavy (non-hydrogen) atoms. The number of likely N-dealkylation sites (N-methyl/N-ethyl adjacent to an activating group) is 1. The van der Waals surface area contributed by atoms with Crippen LogP contribution in [0.15, 0.2) is 36.5 Å². The molecule has 0 unspecified atom stereocenters. The second kappa shape index (κ2) is 9.54. The van der Waals surface area contributed by atoms with Crippen LogP contribution in [0.4, 0.5) is 11.5 Å². The number of hydrogen-bond donors (Lipinski definition) is 3. The summed E-state index contributed by atoms with van der Waals surface area (Å²) in [6.45, 7) is 3.79. The smallest absolute Gasteiger partial charge is 0.261 e. The van der Waals surface area contributed by atoms with E-state index >= 15 is 0 Å². The monoisotopic (exact) mass is 456 g/mol. The van der Waals surface area contributed by atoms with E-state index in [4.69, 9.17) is 21.7 Å². The van der Waals surface area contributed by atoms with Crippen molar-refractivity contribution in [3.8, 4) is 0 Å². The molecule has 168 valence electrons. The van der Waals surface area contributed by atoms with Crippen molar-refractivity contribution >= 4 is 40.6 Å². The van der Waals surface area contributed by atoms with Crippen LogP contribution in [0.2, 0.25) is 5.02 Å². The van der Waals surface area contributed by atoms with E-state index in [2.05, 4.69) is 15.7 Å². The molecular formula is C22H25ClN6O3. The van der Waals surface area contributed by atoms with Gasteiger partial charge in [0.05, 0.1) is 11.9 Å². The van der Waals surface area contributed by atoms with E-state index in [1.54, 1.807) is 33.7 Å². The predicted octanol–water partition coefficient (Wildman–Crippen LogP) is 2.77. The minimum Gasteiger partial charge on any atom is -0.396 e. The number of anilines is 2. The molecule has 1 aliphatic heterocycles. The average molecular weight is 457 g/mol. The van der Waals surface area contributed by atoms with E-state index in [1.165, 1.54) is 6.20 Å². The summed E-state index contributed by atoms with van der Waals surface area (Å²) in [6.07, 6.45) is 2.43. The summed E-state index contributed by atoms with van der Waals surface area (Å²) >= 11 is 5.92. The molecule has 0 spiro atoms. The summed E-state index contributed by atoms with van der Waals surface area (Å²) < 4.78 is 1.58. The van der Waals surface area contributed by atoms with Crippen LogP contribution in [0.25, 0.3) is 5.65 Å². The Kier molecular flexibility index (Phi) is 6.57. The first kappa shape index (κ1) is 22.0. The van der Waals surface area contributed by atoms with Gasteiger partial charge in [-0.05, 0) is 37.6 Å². The van der Waals surface area contributed by atoms with Gasteiger partial charge in [0.1, 0.15) is 11.4 Å². The average Bonchev–Trinajstić information content (AvgIpc) is 3.38. The quantitative estimate of drug-likeness (QED) is 0.449. The summed E-state index contributed by atoms with van der Waals surface area (Å²) in [5.74, 6) is 0.355. The van der Waals surface area contributed by atoms with Crippen LogP contribution in [0.3, 0.4) is 0 Å². The molecule has 1 saturated heterocycles. The van der Waals surface area contributed by atoms with Gasteiger partial charge in [0.15, 0.2) is 5.65 Å². The van der Waals surface area contributed by atoms with Gasteiger partial charge < -0.3 is 20.6 Å². The van der Waals surface area contributed by atoms with Crippen LogP contribution in [-0.2, 0) is 4.79 Å². The van der Waals surface area contributed by atoms with Gasteiger partial charge in [0, 0.05) is 55.4 Å². The summed E-state index contributed by atoms with van der Waals surface area (Å²) in [7, 11) is 0. The molecule has 3 aromatic rings. The maximum Gasteiger partial charge on any atom is 0.261 e. The highest BCUT2D eigenvalue weighted by molar-refractivity contribution is 6.30. The summed E-state index contributed by atoms with van der Waals surface area (Å²) in [6, 6.07) is 8.70. The molecule has 3 heterocycles. The molecule has 3 N–H and O–H groups in total. The maximum atomic E-state index is 13.0. The number of aliphatic hydroxyl groups is 1. The third-order valence-corrected chi connectivity index (χ3v) is 5.75. The van der Waals surface area contributed by atoms with E-state index in [0.717, 1.165) is 5.69 Å². The topological polar surface area (TPSA) is 112 Å². The number of benzene rings is 1. The lowest BCUT2D eigenvalue weighted by molar-refractivity contribution is -0.127. The van der Waals surface area contributed by atoms with Crippen LogP contribution in [0.5, 0.6) is 0 Å². The Morgan fingerprint density at radius 3 is 2.78 bits per heavy atom. The number of rotatable bonds is 8. The third-order valence-electron chi connectivity index (χ3n) is 5.49. The van der Waals surface area contributed by atoms with Gasteiger partial charge >= 0.3 is 0 Å². The van der Waals surface area contributed by atoms with Gasteiger partial charge in [0.2, 0.25) is 5.91 Å². The second-order valence-electron chi connectivity index (χ2n) is 7.66. The normalized spacial score (nSPS) is 16.0. The lowest BCUT2D eigenvalue weighted by Crippen LogP contribution is -2.24. The Hall–Kier alpha value is -3.17. The minimum atomic E-state index is -0.342. The van der Waals surface area contributed by atoms with E-state index in [-0.39, 0.29) is 24.3 Å². The number of aromatic nitrogens is 3. The molecule has 1 aliphatic rings. The van der Waals surface area contributed by atoms with Gasteiger partial charge in [-0.1, -0.05) is 11.6 Å². The van der Waals surface area contributed by atoms with E-state index in [1.807, 2.05) is 13.0 Å². The van der Waals surface area contributed by atoms with Crippen molar-refractivity contribution in [1.29, 1.82) is 0 Å². The van der Waals surface area contributed by atoms with Crippen molar-refractivity contribution in [1.82, 2.24) is 19.5 Å². The van der Waals surface area contributed by atoms with Gasteiger partial charge in [-0.3, -0.25) is 9.59 Å². The van der Waals surface area contributed by atoms with Gasteiger partial charge in [0.25, 0.3) is 5.91 Å². The molecule has 1 fully saturated rings. The van der Waals surface area contributed by atoms with Gasteiger partial charge in [-0.2, -0.15) is 9.61 Å². The Bertz CT molecular complexity index is 1130. The number of carbonyl (C=O) groups is 2. The zero-order valence-corrected chi connectivity index (χ0v) is 18.5. The number of aliphatic hydroxyl groups excluding tert-OH is 1. The van der Waals surface area contributed by atoms with E-state index < -0.39 is 0 Å². The van der Waals surface area contributed by atoms with Crippen molar-refractivity contribution in [2.24, 2.45) is 0 Å². The fourth-order valence-corrected chi connectivity index (χ4v) is 3.91. The first-order valence-corrected chi connectivity index (χ1v) is 11.0. The molecule has 1 aromatic carbocycles. The lowest BCUT2D eigenvalue weighted by Gasteiger charge is -2.15. The molecule has 4 rings (SSSR count). The Balaban J connectivity index is 1.69. The molecule has 2 aromatic heterocycles. The minimum absolute atomic E-state index is 0.0600. The van der Waals surface area contributed by atoms with Crippen molar-refractivity contribution in [3.05, 3.63) is 52.8 Å². The molecule has 0 saturated carbocycles. The first-order valence-electron chi connectivity index (χ1n) is 10.6. The van der Waals surface area contributed by atoms with Crippen LogP contribution in [0.1, 0.15) is 41.7 Å².